The normalized spacial score (nSPS) is 18.4. The fourth-order valence-corrected chi connectivity index (χ4v) is 4.11. The summed E-state index contributed by atoms with van der Waals surface area (Å²) in [6, 6.07) is 18.5. The zero-order valence-corrected chi connectivity index (χ0v) is 17.2. The van der Waals surface area contributed by atoms with Crippen LogP contribution in [0.2, 0.25) is 0 Å². The smallest absolute Gasteiger partial charge is 0.119 e. The summed E-state index contributed by atoms with van der Waals surface area (Å²) in [5, 5.41) is 11.9. The van der Waals surface area contributed by atoms with Crippen LogP contribution in [0.15, 0.2) is 54.6 Å². The highest BCUT2D eigenvalue weighted by molar-refractivity contribution is 5.35. The zero-order chi connectivity index (χ0) is 19.8. The number of rotatable bonds is 9. The average Bonchev–Trinajstić information content (AvgIpc) is 2.77. The van der Waals surface area contributed by atoms with Gasteiger partial charge in [0.05, 0.1) is 32.3 Å². The average molecular weight is 385 g/mol. The third-order valence-electron chi connectivity index (χ3n) is 5.84. The van der Waals surface area contributed by atoms with Crippen molar-refractivity contribution in [2.24, 2.45) is 0 Å². The lowest BCUT2D eigenvalue weighted by molar-refractivity contribution is -0.910. The molecule has 0 bridgehead atoms. The molecule has 2 aromatic carbocycles. The third-order valence-corrected chi connectivity index (χ3v) is 5.84. The minimum absolute atomic E-state index is 0.0224. The second-order valence-corrected chi connectivity index (χ2v) is 7.68. The summed E-state index contributed by atoms with van der Waals surface area (Å²) >= 11 is 0. The Morgan fingerprint density at radius 3 is 2.32 bits per heavy atom. The van der Waals surface area contributed by atoms with Crippen LogP contribution in [-0.2, 0) is 10.3 Å². The van der Waals surface area contributed by atoms with Crippen LogP contribution in [0.5, 0.6) is 5.75 Å². The van der Waals surface area contributed by atoms with Crippen molar-refractivity contribution in [2.75, 3.05) is 39.5 Å². The molecule has 1 saturated heterocycles. The van der Waals surface area contributed by atoms with Crippen LogP contribution >= 0.6 is 0 Å². The van der Waals surface area contributed by atoms with Crippen LogP contribution in [-0.4, -0.2) is 44.6 Å². The second kappa shape index (κ2) is 10.1. The molecule has 2 atom stereocenters. The van der Waals surface area contributed by atoms with Crippen molar-refractivity contribution in [2.45, 2.75) is 38.2 Å². The summed E-state index contributed by atoms with van der Waals surface area (Å²) in [4.78, 5) is 1.50. The predicted molar refractivity (Wildman–Crippen MR) is 112 cm³/mol. The SMILES string of the molecule is CCCOc1ccc([C@@](O)(CC)[C@@H](C[NH+]2CCOCC2)c2ccccc2)cc1. The number of hydrogen-bond donors (Lipinski definition) is 2. The summed E-state index contributed by atoms with van der Waals surface area (Å²) in [5.41, 5.74) is 1.23. The highest BCUT2D eigenvalue weighted by Crippen LogP contribution is 2.39. The van der Waals surface area contributed by atoms with E-state index in [0.717, 1.165) is 50.6 Å². The molecule has 4 nitrogen and oxygen atoms in total. The number of nitrogens with one attached hydrogen (secondary N) is 1. The van der Waals surface area contributed by atoms with Gasteiger partial charge in [0, 0.05) is 0 Å². The van der Waals surface area contributed by atoms with Crippen LogP contribution in [0.1, 0.15) is 43.7 Å². The largest absolute Gasteiger partial charge is 0.494 e. The first-order valence-electron chi connectivity index (χ1n) is 10.6. The minimum Gasteiger partial charge on any atom is -0.494 e. The molecule has 28 heavy (non-hydrogen) atoms. The Balaban J connectivity index is 1.90. The van der Waals surface area contributed by atoms with E-state index in [9.17, 15) is 5.11 Å². The van der Waals surface area contributed by atoms with Gasteiger partial charge in [-0.2, -0.15) is 0 Å². The molecule has 0 spiro atoms. The standard InChI is InChI=1S/C24H33NO3/c1-3-16-28-22-12-10-21(11-13-22)24(26,4-2)23(20-8-6-5-7-9-20)19-25-14-17-27-18-15-25/h5-13,23,26H,3-4,14-19H2,1-2H3/p+1/t23-,24-/m0/s1. The number of quaternary nitrogens is 1. The van der Waals surface area contributed by atoms with Crippen LogP contribution in [0.25, 0.3) is 0 Å². The first-order valence-corrected chi connectivity index (χ1v) is 10.6. The van der Waals surface area contributed by atoms with Crippen LogP contribution < -0.4 is 9.64 Å². The molecule has 0 aromatic heterocycles. The number of ether oxygens (including phenoxy) is 2. The van der Waals surface area contributed by atoms with Gasteiger partial charge in [-0.15, -0.1) is 0 Å². The molecular weight excluding hydrogens is 350 g/mol. The third kappa shape index (κ3) is 4.93. The summed E-state index contributed by atoms with van der Waals surface area (Å²) in [6.45, 7) is 9.36. The molecular formula is C24H34NO3+. The van der Waals surface area contributed by atoms with E-state index in [4.69, 9.17) is 9.47 Å². The molecule has 0 unspecified atom stereocenters. The molecule has 0 saturated carbocycles. The fourth-order valence-electron chi connectivity index (χ4n) is 4.11. The molecule has 1 fully saturated rings. The van der Waals surface area contributed by atoms with E-state index in [-0.39, 0.29) is 5.92 Å². The Hall–Kier alpha value is -1.88. The molecule has 1 aliphatic heterocycles. The first kappa shape index (κ1) is 20.8. The number of morpholine rings is 1. The lowest BCUT2D eigenvalue weighted by atomic mass is 9.75. The van der Waals surface area contributed by atoms with Crippen molar-refractivity contribution in [3.63, 3.8) is 0 Å². The molecule has 3 rings (SSSR count). The van der Waals surface area contributed by atoms with Gasteiger partial charge in [-0.25, -0.2) is 0 Å². The molecule has 2 N–H and O–H groups in total. The zero-order valence-electron chi connectivity index (χ0n) is 17.2. The number of benzene rings is 2. The Morgan fingerprint density at radius 2 is 1.71 bits per heavy atom. The maximum absolute atomic E-state index is 11.9. The molecule has 0 radical (unpaired) electrons. The van der Waals surface area contributed by atoms with Crippen molar-refractivity contribution in [3.05, 3.63) is 65.7 Å². The van der Waals surface area contributed by atoms with Gasteiger partial charge in [0.2, 0.25) is 0 Å². The summed E-state index contributed by atoms with van der Waals surface area (Å²) in [7, 11) is 0. The van der Waals surface area contributed by atoms with E-state index in [1.807, 2.05) is 30.3 Å². The van der Waals surface area contributed by atoms with Crippen LogP contribution in [0.3, 0.4) is 0 Å². The number of aliphatic hydroxyl groups is 1. The van der Waals surface area contributed by atoms with Crippen LogP contribution in [0.4, 0.5) is 0 Å². The van der Waals surface area contributed by atoms with Gasteiger partial charge in [-0.05, 0) is 36.1 Å². The van der Waals surface area contributed by atoms with Gasteiger partial charge in [-0.3, -0.25) is 0 Å². The topological polar surface area (TPSA) is 43.1 Å². The van der Waals surface area contributed by atoms with Crippen LogP contribution in [0, 0.1) is 0 Å². The maximum atomic E-state index is 11.9. The minimum atomic E-state index is -0.921. The second-order valence-electron chi connectivity index (χ2n) is 7.68. The van der Waals surface area contributed by atoms with Crippen molar-refractivity contribution in [3.8, 4) is 5.75 Å². The van der Waals surface area contributed by atoms with Crippen molar-refractivity contribution in [1.29, 1.82) is 0 Å². The van der Waals surface area contributed by atoms with Gasteiger partial charge in [0.15, 0.2) is 0 Å². The lowest BCUT2D eigenvalue weighted by Gasteiger charge is -2.38. The Bertz CT molecular complexity index is 698. The molecule has 4 heteroatoms. The molecule has 2 aromatic rings. The van der Waals surface area contributed by atoms with Gasteiger partial charge in [0.1, 0.15) is 24.4 Å². The van der Waals surface area contributed by atoms with Crippen molar-refractivity contribution in [1.82, 2.24) is 0 Å². The van der Waals surface area contributed by atoms with E-state index in [1.54, 1.807) is 0 Å². The van der Waals surface area contributed by atoms with E-state index in [0.29, 0.717) is 13.0 Å². The Kier molecular flexibility index (Phi) is 7.49. The monoisotopic (exact) mass is 384 g/mol. The van der Waals surface area contributed by atoms with Gasteiger partial charge in [0.25, 0.3) is 0 Å². The van der Waals surface area contributed by atoms with E-state index >= 15 is 0 Å². The summed E-state index contributed by atoms with van der Waals surface area (Å²) < 4.78 is 11.3. The van der Waals surface area contributed by atoms with Gasteiger partial charge < -0.3 is 19.5 Å². The highest BCUT2D eigenvalue weighted by atomic mass is 16.5. The molecule has 152 valence electrons. The van der Waals surface area contributed by atoms with Gasteiger partial charge in [-0.1, -0.05) is 56.3 Å². The lowest BCUT2D eigenvalue weighted by Crippen LogP contribution is -3.14. The first-order chi connectivity index (χ1) is 13.7. The van der Waals surface area contributed by atoms with Gasteiger partial charge >= 0.3 is 0 Å². The molecule has 0 aliphatic carbocycles. The summed E-state index contributed by atoms with van der Waals surface area (Å²) in [5.74, 6) is 0.883. The van der Waals surface area contributed by atoms with E-state index < -0.39 is 5.60 Å². The maximum Gasteiger partial charge on any atom is 0.119 e. The van der Waals surface area contributed by atoms with E-state index in [1.165, 1.54) is 10.5 Å². The molecule has 1 heterocycles. The van der Waals surface area contributed by atoms with E-state index in [2.05, 4.69) is 38.1 Å². The van der Waals surface area contributed by atoms with Crippen molar-refractivity contribution < 1.29 is 19.5 Å². The highest BCUT2D eigenvalue weighted by Gasteiger charge is 2.40. The Labute approximate surface area is 169 Å². The Morgan fingerprint density at radius 1 is 1.04 bits per heavy atom. The quantitative estimate of drug-likeness (QED) is 0.699. The number of hydrogen-bond acceptors (Lipinski definition) is 3. The molecule has 0 amide bonds. The fraction of sp³-hybridized carbons (Fsp3) is 0.500. The molecule has 1 aliphatic rings. The van der Waals surface area contributed by atoms with Crippen molar-refractivity contribution >= 4 is 0 Å². The predicted octanol–water partition coefficient (Wildman–Crippen LogP) is 2.77. The summed E-state index contributed by atoms with van der Waals surface area (Å²) in [6.07, 6.45) is 1.64.